The molecule has 1 N–H and O–H groups in total. The highest BCUT2D eigenvalue weighted by atomic mass is 32.1. The lowest BCUT2D eigenvalue weighted by Gasteiger charge is -2.05. The van der Waals surface area contributed by atoms with E-state index in [1.807, 2.05) is 28.1 Å². The van der Waals surface area contributed by atoms with Crippen molar-refractivity contribution >= 4 is 34.1 Å². The maximum atomic E-state index is 12.5. The van der Waals surface area contributed by atoms with E-state index in [1.54, 1.807) is 36.4 Å². The van der Waals surface area contributed by atoms with Crippen molar-refractivity contribution in [3.63, 3.8) is 0 Å². The molecule has 0 atom stereocenters. The van der Waals surface area contributed by atoms with Crippen molar-refractivity contribution in [3.8, 4) is 28.8 Å². The van der Waals surface area contributed by atoms with E-state index in [1.165, 1.54) is 41.8 Å². The molecule has 0 aliphatic rings. The van der Waals surface area contributed by atoms with Crippen LogP contribution >= 0.6 is 11.3 Å². The number of carbonyl (C=O) groups excluding carboxylic acids is 1. The Hall–Kier alpha value is -5.34. The number of imidazole rings is 1. The minimum absolute atomic E-state index is 0.00717. The number of hydrazone groups is 1. The Morgan fingerprint density at radius 3 is 2.45 bits per heavy atom. The predicted octanol–water partition coefficient (Wildman–Crippen LogP) is 5.33. The first-order chi connectivity index (χ1) is 18.5. The monoisotopic (exact) mass is 522 g/mol. The van der Waals surface area contributed by atoms with Crippen molar-refractivity contribution < 1.29 is 14.5 Å². The summed E-state index contributed by atoms with van der Waals surface area (Å²) in [5, 5.41) is 25.6. The highest BCUT2D eigenvalue weighted by molar-refractivity contribution is 7.15. The third kappa shape index (κ3) is 5.56. The lowest BCUT2D eigenvalue weighted by atomic mass is 10.1. The fourth-order valence-electron chi connectivity index (χ4n) is 3.59. The molecule has 0 radical (unpaired) electrons. The van der Waals surface area contributed by atoms with Gasteiger partial charge >= 0.3 is 0 Å². The van der Waals surface area contributed by atoms with E-state index in [0.717, 1.165) is 27.5 Å². The maximum Gasteiger partial charge on any atom is 0.269 e. The molecule has 11 heteroatoms. The number of aromatic nitrogens is 2. The molecule has 10 nitrogen and oxygen atoms in total. The summed E-state index contributed by atoms with van der Waals surface area (Å²) in [6.07, 6.45) is 3.53. The van der Waals surface area contributed by atoms with E-state index in [0.29, 0.717) is 17.1 Å². The number of carbonyl (C=O) groups is 1. The molecule has 5 aromatic rings. The van der Waals surface area contributed by atoms with Gasteiger partial charge in [0.1, 0.15) is 11.5 Å². The normalized spacial score (nSPS) is 10.9. The Morgan fingerprint density at radius 1 is 1.11 bits per heavy atom. The topological polar surface area (TPSA) is 135 Å². The number of hydrogen-bond acceptors (Lipinski definition) is 8. The molecule has 0 aliphatic carbocycles. The van der Waals surface area contributed by atoms with Crippen LogP contribution in [0.2, 0.25) is 0 Å². The summed E-state index contributed by atoms with van der Waals surface area (Å²) in [6.45, 7) is 0. The summed E-state index contributed by atoms with van der Waals surface area (Å²) in [6, 6.07) is 22.1. The summed E-state index contributed by atoms with van der Waals surface area (Å²) in [7, 11) is 0. The van der Waals surface area contributed by atoms with E-state index in [-0.39, 0.29) is 18.0 Å². The van der Waals surface area contributed by atoms with Crippen LogP contribution in [0, 0.1) is 21.4 Å². The molecule has 0 spiro atoms. The first kappa shape index (κ1) is 24.4. The zero-order valence-electron chi connectivity index (χ0n) is 19.6. The third-order valence-electron chi connectivity index (χ3n) is 5.50. The van der Waals surface area contributed by atoms with Crippen molar-refractivity contribution in [2.45, 2.75) is 6.42 Å². The van der Waals surface area contributed by atoms with Crippen LogP contribution in [0.25, 0.3) is 16.2 Å². The number of nitro benzene ring substituents is 1. The lowest BCUT2D eigenvalue weighted by Crippen LogP contribution is -2.20. The molecule has 0 unspecified atom stereocenters. The number of nitriles is 1. The quantitative estimate of drug-likeness (QED) is 0.166. The Labute approximate surface area is 220 Å². The summed E-state index contributed by atoms with van der Waals surface area (Å²) in [5.74, 6) is 0.767. The van der Waals surface area contributed by atoms with Crippen molar-refractivity contribution in [2.24, 2.45) is 5.10 Å². The van der Waals surface area contributed by atoms with Gasteiger partial charge in [0.05, 0.1) is 34.9 Å². The number of nitro groups is 1. The first-order valence-corrected chi connectivity index (χ1v) is 12.2. The number of non-ortho nitro benzene ring substituents is 1. The van der Waals surface area contributed by atoms with Gasteiger partial charge in [0.15, 0.2) is 4.96 Å². The van der Waals surface area contributed by atoms with Crippen LogP contribution in [0.5, 0.6) is 11.5 Å². The molecule has 0 bridgehead atoms. The Kier molecular flexibility index (Phi) is 6.88. The Morgan fingerprint density at radius 2 is 1.79 bits per heavy atom. The van der Waals surface area contributed by atoms with Crippen molar-refractivity contribution in [2.75, 3.05) is 0 Å². The number of nitrogens with zero attached hydrogens (tertiary/aromatic N) is 5. The zero-order valence-corrected chi connectivity index (χ0v) is 20.5. The highest BCUT2D eigenvalue weighted by Crippen LogP contribution is 2.25. The second-order valence-electron chi connectivity index (χ2n) is 8.09. The molecule has 5 rings (SSSR count). The van der Waals surface area contributed by atoms with Crippen LogP contribution in [-0.4, -0.2) is 26.4 Å². The average molecular weight is 523 g/mol. The Balaban J connectivity index is 1.16. The number of rotatable bonds is 8. The molecule has 38 heavy (non-hydrogen) atoms. The number of amides is 1. The first-order valence-electron chi connectivity index (χ1n) is 11.3. The van der Waals surface area contributed by atoms with Gasteiger partial charge in [0.25, 0.3) is 5.69 Å². The smallest absolute Gasteiger partial charge is 0.269 e. The van der Waals surface area contributed by atoms with Gasteiger partial charge in [-0.1, -0.05) is 12.1 Å². The van der Waals surface area contributed by atoms with Crippen LogP contribution in [0.15, 0.2) is 89.5 Å². The Bertz CT molecular complexity index is 1680. The van der Waals surface area contributed by atoms with Gasteiger partial charge in [-0.2, -0.15) is 10.4 Å². The molecule has 0 saturated carbocycles. The van der Waals surface area contributed by atoms with Crippen molar-refractivity contribution in [3.05, 3.63) is 111 Å². The van der Waals surface area contributed by atoms with E-state index >= 15 is 0 Å². The van der Waals surface area contributed by atoms with Gasteiger partial charge in [0, 0.05) is 35.0 Å². The molecule has 2 aromatic heterocycles. The number of fused-ring (bicyclic) bond motifs is 1. The van der Waals surface area contributed by atoms with Crippen molar-refractivity contribution in [1.29, 1.82) is 5.26 Å². The molecule has 0 aliphatic heterocycles. The van der Waals surface area contributed by atoms with Crippen LogP contribution in [0.3, 0.4) is 0 Å². The summed E-state index contributed by atoms with van der Waals surface area (Å²) < 4.78 is 7.57. The minimum atomic E-state index is -0.468. The number of benzene rings is 3. The van der Waals surface area contributed by atoms with E-state index in [9.17, 15) is 14.9 Å². The SMILES string of the molecule is N#Cc1ccc(-c2cn3c(CC(=O)N/N=C/c4ccc(Oc5ccc([N+](=O)[O-])cc5)cc4)csc3n2)cc1. The molecule has 3 aromatic carbocycles. The van der Waals surface area contributed by atoms with E-state index in [4.69, 9.17) is 10.00 Å². The fourth-order valence-corrected chi connectivity index (χ4v) is 4.46. The maximum absolute atomic E-state index is 12.5. The largest absolute Gasteiger partial charge is 0.457 e. The third-order valence-corrected chi connectivity index (χ3v) is 6.39. The second-order valence-corrected chi connectivity index (χ2v) is 8.92. The minimum Gasteiger partial charge on any atom is -0.457 e. The molecular formula is C27H18N6O4S. The number of thiazole rings is 1. The fraction of sp³-hybridized carbons (Fsp3) is 0.0370. The average Bonchev–Trinajstić information content (AvgIpc) is 3.52. The number of ether oxygens (including phenoxy) is 1. The van der Waals surface area contributed by atoms with Gasteiger partial charge in [-0.05, 0) is 54.1 Å². The molecule has 186 valence electrons. The van der Waals surface area contributed by atoms with Crippen LogP contribution in [-0.2, 0) is 11.2 Å². The second kappa shape index (κ2) is 10.7. The van der Waals surface area contributed by atoms with Gasteiger partial charge in [0.2, 0.25) is 5.91 Å². The number of hydrogen-bond donors (Lipinski definition) is 1. The lowest BCUT2D eigenvalue weighted by molar-refractivity contribution is -0.384. The molecule has 1 amide bonds. The van der Waals surface area contributed by atoms with E-state index < -0.39 is 4.92 Å². The van der Waals surface area contributed by atoms with Gasteiger partial charge < -0.3 is 4.74 Å². The van der Waals surface area contributed by atoms with Crippen molar-refractivity contribution in [1.82, 2.24) is 14.8 Å². The van der Waals surface area contributed by atoms with Gasteiger partial charge in [-0.15, -0.1) is 11.3 Å². The molecular weight excluding hydrogens is 504 g/mol. The summed E-state index contributed by atoms with van der Waals surface area (Å²) >= 11 is 1.44. The van der Waals surface area contributed by atoms with Gasteiger partial charge in [-0.3, -0.25) is 19.3 Å². The van der Waals surface area contributed by atoms with Crippen LogP contribution in [0.4, 0.5) is 5.69 Å². The van der Waals surface area contributed by atoms with Gasteiger partial charge in [-0.25, -0.2) is 10.4 Å². The zero-order chi connectivity index (χ0) is 26.5. The van der Waals surface area contributed by atoms with Crippen LogP contribution < -0.4 is 10.2 Å². The highest BCUT2D eigenvalue weighted by Gasteiger charge is 2.12. The number of nitrogens with one attached hydrogen (secondary N) is 1. The summed E-state index contributed by atoms with van der Waals surface area (Å²) in [5.41, 5.74) is 6.31. The summed E-state index contributed by atoms with van der Waals surface area (Å²) in [4.78, 5) is 28.1. The molecule has 0 fully saturated rings. The molecule has 0 saturated heterocycles. The predicted molar refractivity (Wildman–Crippen MR) is 142 cm³/mol. The van der Waals surface area contributed by atoms with E-state index in [2.05, 4.69) is 21.6 Å². The standard InChI is InChI=1S/C27H18N6O4S/c28-14-18-1-5-20(6-2-18)25-16-32-22(17-38-27(32)30-25)13-26(34)31-29-15-19-3-9-23(10-4-19)37-24-11-7-21(8-12-24)33(35)36/h1-12,15-17H,13H2,(H,31,34)/b29-15+. The molecule has 2 heterocycles. The van der Waals surface area contributed by atoms with Crippen LogP contribution in [0.1, 0.15) is 16.8 Å².